The number of carbonyl (C=O) groups excluding carboxylic acids is 1. The molecule has 3 aliphatic rings. The Morgan fingerprint density at radius 1 is 1.20 bits per heavy atom. The number of aromatic nitrogens is 2. The maximum Gasteiger partial charge on any atom is 0.240 e. The fourth-order valence-electron chi connectivity index (χ4n) is 4.63. The van der Waals surface area contributed by atoms with Gasteiger partial charge in [-0.15, -0.1) is 0 Å². The van der Waals surface area contributed by atoms with Gasteiger partial charge in [-0.25, -0.2) is 0 Å². The maximum absolute atomic E-state index is 12.6. The van der Waals surface area contributed by atoms with E-state index in [9.17, 15) is 4.79 Å². The van der Waals surface area contributed by atoms with Gasteiger partial charge in [-0.3, -0.25) is 14.6 Å². The number of likely N-dealkylation sites (tertiary alicyclic amines) is 1. The van der Waals surface area contributed by atoms with Gasteiger partial charge in [0.15, 0.2) is 5.82 Å². The van der Waals surface area contributed by atoms with Crippen molar-refractivity contribution in [1.29, 1.82) is 0 Å². The molecule has 0 radical (unpaired) electrons. The van der Waals surface area contributed by atoms with E-state index in [0.29, 0.717) is 5.92 Å². The zero-order valence-corrected chi connectivity index (χ0v) is 15.2. The molecule has 2 aliphatic heterocycles. The molecule has 1 saturated carbocycles. The molecule has 25 heavy (non-hydrogen) atoms. The number of hydrogen-bond acceptors (Lipinski definition) is 6. The molecule has 0 atom stereocenters. The van der Waals surface area contributed by atoms with Crippen LogP contribution in [-0.2, 0) is 11.3 Å². The molecule has 1 spiro atoms. The summed E-state index contributed by atoms with van der Waals surface area (Å²) in [7, 11) is 2.09. The molecule has 1 N–H and O–H groups in total. The molecule has 138 valence electrons. The summed E-state index contributed by atoms with van der Waals surface area (Å²) in [6.45, 7) is 4.28. The van der Waals surface area contributed by atoms with E-state index in [1.807, 2.05) is 0 Å². The molecule has 4 rings (SSSR count). The molecule has 2 saturated heterocycles. The zero-order chi connectivity index (χ0) is 17.3. The Morgan fingerprint density at radius 3 is 2.72 bits per heavy atom. The number of amides is 1. The number of likely N-dealkylation sites (N-methyl/N-ethyl adjacent to an activating group) is 1. The predicted octanol–water partition coefficient (Wildman–Crippen LogP) is 1.51. The van der Waals surface area contributed by atoms with Crippen LogP contribution >= 0.6 is 0 Å². The summed E-state index contributed by atoms with van der Waals surface area (Å²) in [4.78, 5) is 21.8. The summed E-state index contributed by atoms with van der Waals surface area (Å²) in [5.74, 6) is 2.28. The van der Waals surface area contributed by atoms with E-state index in [4.69, 9.17) is 4.52 Å². The monoisotopic (exact) mass is 347 g/mol. The first-order valence-corrected chi connectivity index (χ1v) is 9.72. The van der Waals surface area contributed by atoms with Crippen LogP contribution in [-0.4, -0.2) is 64.6 Å². The van der Waals surface area contributed by atoms with E-state index in [1.165, 1.54) is 25.7 Å². The van der Waals surface area contributed by atoms with E-state index >= 15 is 0 Å². The number of piperidine rings is 1. The lowest BCUT2D eigenvalue weighted by Crippen LogP contribution is -2.60. The maximum atomic E-state index is 12.6. The quantitative estimate of drug-likeness (QED) is 0.893. The van der Waals surface area contributed by atoms with Gasteiger partial charge in [-0.2, -0.15) is 4.98 Å². The molecule has 1 aromatic heterocycles. The molecule has 3 heterocycles. The minimum Gasteiger partial charge on any atom is -0.354 e. The van der Waals surface area contributed by atoms with Crippen molar-refractivity contribution in [3.05, 3.63) is 11.7 Å². The standard InChI is InChI=1S/C18H29N5O2/c1-22-10-4-9-19-17(24)18(22)7-11-23(12-8-18)13-15-20-16(25-21-15)14-5-2-3-6-14/h14H,2-13H2,1H3,(H,19,24). The lowest BCUT2D eigenvalue weighted by atomic mass is 9.85. The van der Waals surface area contributed by atoms with Crippen LogP contribution in [0.25, 0.3) is 0 Å². The summed E-state index contributed by atoms with van der Waals surface area (Å²) in [6, 6.07) is 0. The largest absolute Gasteiger partial charge is 0.354 e. The van der Waals surface area contributed by atoms with E-state index in [2.05, 4.69) is 32.3 Å². The lowest BCUT2D eigenvalue weighted by Gasteiger charge is -2.44. The molecule has 1 aliphatic carbocycles. The second kappa shape index (κ2) is 7.03. The van der Waals surface area contributed by atoms with E-state index in [1.54, 1.807) is 0 Å². The molecule has 0 aromatic carbocycles. The predicted molar refractivity (Wildman–Crippen MR) is 93.0 cm³/mol. The zero-order valence-electron chi connectivity index (χ0n) is 15.2. The highest BCUT2D eigenvalue weighted by Gasteiger charge is 2.45. The highest BCUT2D eigenvalue weighted by atomic mass is 16.5. The Kier molecular flexibility index (Phi) is 4.78. The first kappa shape index (κ1) is 17.0. The summed E-state index contributed by atoms with van der Waals surface area (Å²) >= 11 is 0. The molecule has 0 unspecified atom stereocenters. The van der Waals surface area contributed by atoms with Crippen LogP contribution in [0.5, 0.6) is 0 Å². The SMILES string of the molecule is CN1CCCNC(=O)C12CCN(Cc1noc(C3CCCC3)n1)CC2. The Morgan fingerprint density at radius 2 is 1.96 bits per heavy atom. The summed E-state index contributed by atoms with van der Waals surface area (Å²) in [6.07, 6.45) is 7.65. The minimum absolute atomic E-state index is 0.204. The first-order valence-electron chi connectivity index (χ1n) is 9.72. The number of carbonyl (C=O) groups is 1. The third kappa shape index (κ3) is 3.31. The van der Waals surface area contributed by atoms with Gasteiger partial charge in [0.2, 0.25) is 11.8 Å². The fourth-order valence-corrected chi connectivity index (χ4v) is 4.63. The minimum atomic E-state index is -0.334. The molecule has 7 heteroatoms. The Bertz CT molecular complexity index is 602. The van der Waals surface area contributed by atoms with Crippen LogP contribution in [0.3, 0.4) is 0 Å². The van der Waals surface area contributed by atoms with Crippen molar-refractivity contribution >= 4 is 5.91 Å². The molecule has 1 amide bonds. The van der Waals surface area contributed by atoms with Gasteiger partial charge in [-0.1, -0.05) is 18.0 Å². The van der Waals surface area contributed by atoms with Crippen LogP contribution in [0.15, 0.2) is 4.52 Å². The average molecular weight is 347 g/mol. The summed E-state index contributed by atoms with van der Waals surface area (Å²) in [5.41, 5.74) is -0.334. The van der Waals surface area contributed by atoms with Gasteiger partial charge in [-0.05, 0) is 39.2 Å². The Balaban J connectivity index is 1.36. The van der Waals surface area contributed by atoms with Crippen molar-refractivity contribution in [2.24, 2.45) is 0 Å². The average Bonchev–Trinajstić information content (AvgIpc) is 3.28. The highest BCUT2D eigenvalue weighted by Crippen LogP contribution is 2.33. The van der Waals surface area contributed by atoms with Crippen molar-refractivity contribution < 1.29 is 9.32 Å². The van der Waals surface area contributed by atoms with E-state index < -0.39 is 0 Å². The molecule has 3 fully saturated rings. The second-order valence-corrected chi connectivity index (χ2v) is 7.87. The van der Waals surface area contributed by atoms with Crippen LogP contribution < -0.4 is 5.32 Å². The molecule has 1 aromatic rings. The smallest absolute Gasteiger partial charge is 0.240 e. The number of nitrogens with zero attached hydrogens (tertiary/aromatic N) is 4. The summed E-state index contributed by atoms with van der Waals surface area (Å²) in [5, 5.41) is 7.28. The lowest BCUT2D eigenvalue weighted by molar-refractivity contribution is -0.134. The topological polar surface area (TPSA) is 74.5 Å². The Labute approximate surface area is 149 Å². The highest BCUT2D eigenvalue weighted by molar-refractivity contribution is 5.86. The van der Waals surface area contributed by atoms with Gasteiger partial charge in [0.1, 0.15) is 5.54 Å². The number of nitrogens with one attached hydrogen (secondary N) is 1. The van der Waals surface area contributed by atoms with Crippen LogP contribution in [0.1, 0.15) is 62.6 Å². The number of hydrogen-bond donors (Lipinski definition) is 1. The van der Waals surface area contributed by atoms with E-state index in [0.717, 1.165) is 63.7 Å². The van der Waals surface area contributed by atoms with Crippen molar-refractivity contribution in [2.75, 3.05) is 33.2 Å². The van der Waals surface area contributed by atoms with Gasteiger partial charge in [0, 0.05) is 32.1 Å². The normalized spacial score (nSPS) is 26.0. The van der Waals surface area contributed by atoms with Crippen LogP contribution in [0.2, 0.25) is 0 Å². The summed E-state index contributed by atoms with van der Waals surface area (Å²) < 4.78 is 5.49. The first-order chi connectivity index (χ1) is 12.2. The van der Waals surface area contributed by atoms with Crippen LogP contribution in [0, 0.1) is 0 Å². The molecular formula is C18H29N5O2. The van der Waals surface area contributed by atoms with Gasteiger partial charge in [0.05, 0.1) is 6.54 Å². The number of rotatable bonds is 3. The van der Waals surface area contributed by atoms with E-state index in [-0.39, 0.29) is 11.4 Å². The second-order valence-electron chi connectivity index (χ2n) is 7.87. The third-order valence-corrected chi connectivity index (χ3v) is 6.35. The van der Waals surface area contributed by atoms with Crippen molar-refractivity contribution in [3.63, 3.8) is 0 Å². The Hall–Kier alpha value is -1.47. The van der Waals surface area contributed by atoms with Gasteiger partial charge < -0.3 is 9.84 Å². The van der Waals surface area contributed by atoms with Gasteiger partial charge in [0.25, 0.3) is 0 Å². The molecular weight excluding hydrogens is 318 g/mol. The molecule has 7 nitrogen and oxygen atoms in total. The fraction of sp³-hybridized carbons (Fsp3) is 0.833. The van der Waals surface area contributed by atoms with Crippen molar-refractivity contribution in [3.8, 4) is 0 Å². The van der Waals surface area contributed by atoms with Crippen molar-refractivity contribution in [1.82, 2.24) is 25.3 Å². The van der Waals surface area contributed by atoms with Gasteiger partial charge >= 0.3 is 0 Å². The van der Waals surface area contributed by atoms with Crippen molar-refractivity contribution in [2.45, 2.75) is 62.9 Å². The third-order valence-electron chi connectivity index (χ3n) is 6.35. The van der Waals surface area contributed by atoms with Crippen LogP contribution in [0.4, 0.5) is 0 Å². The molecule has 0 bridgehead atoms.